The summed E-state index contributed by atoms with van der Waals surface area (Å²) in [6, 6.07) is 13.3. The summed E-state index contributed by atoms with van der Waals surface area (Å²) in [6.07, 6.45) is 1.72. The molecule has 3 rings (SSSR count). The first-order chi connectivity index (χ1) is 13.9. The topological polar surface area (TPSA) is 101 Å². The molecule has 0 fully saturated rings. The van der Waals surface area contributed by atoms with E-state index in [1.54, 1.807) is 54.6 Å². The van der Waals surface area contributed by atoms with Crippen molar-refractivity contribution in [1.29, 1.82) is 0 Å². The molecule has 0 aliphatic heterocycles. The lowest BCUT2D eigenvalue weighted by Crippen LogP contribution is -2.41. The van der Waals surface area contributed by atoms with Crippen LogP contribution in [0.15, 0.2) is 65.7 Å². The normalized spacial score (nSPS) is 13.2. The molecular weight excluding hydrogens is 370 g/mol. The maximum Gasteiger partial charge on any atom is 0.330 e. The standard InChI is InChI=1S/C22H23N3O4/c1-14(2)12-18(25-13-23-17-11-7-6-10-16(17)21(25)27)20(26)24-19(22(28)29)15-8-4-3-5-9-15/h3-11,13-14,18-19H,12H2,1-2H3,(H,24,26)(H,28,29). The first kappa shape index (κ1) is 20.3. The number of fused-ring (bicyclic) bond motifs is 1. The Kier molecular flexibility index (Phi) is 6.07. The molecule has 29 heavy (non-hydrogen) atoms. The van der Waals surface area contributed by atoms with Gasteiger partial charge in [-0.25, -0.2) is 9.78 Å². The predicted octanol–water partition coefficient (Wildman–Crippen LogP) is 2.93. The number of carbonyl (C=O) groups is 2. The number of aliphatic carboxylic acids is 1. The van der Waals surface area contributed by atoms with Crippen molar-refractivity contribution in [1.82, 2.24) is 14.9 Å². The van der Waals surface area contributed by atoms with Crippen molar-refractivity contribution in [2.45, 2.75) is 32.4 Å². The summed E-state index contributed by atoms with van der Waals surface area (Å²) in [4.78, 5) is 42.1. The van der Waals surface area contributed by atoms with Gasteiger partial charge in [-0.3, -0.25) is 14.2 Å². The monoisotopic (exact) mass is 393 g/mol. The Morgan fingerprint density at radius 3 is 2.38 bits per heavy atom. The lowest BCUT2D eigenvalue weighted by molar-refractivity contribution is -0.142. The summed E-state index contributed by atoms with van der Waals surface area (Å²) in [5.74, 6) is -1.60. The Morgan fingerprint density at radius 2 is 1.72 bits per heavy atom. The molecule has 7 nitrogen and oxygen atoms in total. The number of carbonyl (C=O) groups excluding carboxylic acids is 1. The van der Waals surface area contributed by atoms with Crippen LogP contribution in [0.3, 0.4) is 0 Å². The van der Waals surface area contributed by atoms with Gasteiger partial charge in [-0.05, 0) is 30.0 Å². The highest BCUT2D eigenvalue weighted by atomic mass is 16.4. The molecule has 7 heteroatoms. The van der Waals surface area contributed by atoms with Gasteiger partial charge in [0.1, 0.15) is 6.04 Å². The van der Waals surface area contributed by atoms with Gasteiger partial charge in [-0.2, -0.15) is 0 Å². The Bertz CT molecular complexity index is 1080. The van der Waals surface area contributed by atoms with Gasteiger partial charge in [0, 0.05) is 0 Å². The number of rotatable bonds is 7. The van der Waals surface area contributed by atoms with Crippen molar-refractivity contribution >= 4 is 22.8 Å². The van der Waals surface area contributed by atoms with Crippen LogP contribution < -0.4 is 10.9 Å². The van der Waals surface area contributed by atoms with Crippen LogP contribution in [-0.4, -0.2) is 26.5 Å². The summed E-state index contributed by atoms with van der Waals surface area (Å²) in [6.45, 7) is 3.87. The number of para-hydroxylation sites is 1. The molecule has 2 unspecified atom stereocenters. The third-order valence-corrected chi connectivity index (χ3v) is 4.69. The van der Waals surface area contributed by atoms with Gasteiger partial charge in [0.2, 0.25) is 5.91 Å². The number of carboxylic acids is 1. The second-order valence-corrected chi connectivity index (χ2v) is 7.31. The number of nitrogens with zero attached hydrogens (tertiary/aromatic N) is 2. The van der Waals surface area contributed by atoms with Gasteiger partial charge in [-0.1, -0.05) is 56.3 Å². The number of hydrogen-bond acceptors (Lipinski definition) is 4. The molecular formula is C22H23N3O4. The molecule has 0 aliphatic carbocycles. The molecule has 1 amide bonds. The maximum absolute atomic E-state index is 13.1. The molecule has 2 N–H and O–H groups in total. The highest BCUT2D eigenvalue weighted by Crippen LogP contribution is 2.20. The van der Waals surface area contributed by atoms with E-state index in [-0.39, 0.29) is 11.5 Å². The van der Waals surface area contributed by atoms with E-state index in [9.17, 15) is 19.5 Å². The maximum atomic E-state index is 13.1. The summed E-state index contributed by atoms with van der Waals surface area (Å²) >= 11 is 0. The van der Waals surface area contributed by atoms with Gasteiger partial charge in [0.15, 0.2) is 6.04 Å². The average molecular weight is 393 g/mol. The van der Waals surface area contributed by atoms with Gasteiger partial charge in [-0.15, -0.1) is 0 Å². The van der Waals surface area contributed by atoms with E-state index >= 15 is 0 Å². The second kappa shape index (κ2) is 8.68. The quantitative estimate of drug-likeness (QED) is 0.643. The summed E-state index contributed by atoms with van der Waals surface area (Å²) in [5, 5.41) is 12.6. The number of benzene rings is 2. The smallest absolute Gasteiger partial charge is 0.330 e. The molecule has 0 bridgehead atoms. The zero-order chi connectivity index (χ0) is 21.0. The fraction of sp³-hybridized carbons (Fsp3) is 0.273. The zero-order valence-electron chi connectivity index (χ0n) is 16.3. The van der Waals surface area contributed by atoms with Gasteiger partial charge in [0.05, 0.1) is 17.2 Å². The largest absolute Gasteiger partial charge is 0.479 e. The van der Waals surface area contributed by atoms with E-state index in [1.807, 2.05) is 13.8 Å². The Hall–Kier alpha value is -3.48. The minimum Gasteiger partial charge on any atom is -0.479 e. The fourth-order valence-corrected chi connectivity index (χ4v) is 3.27. The van der Waals surface area contributed by atoms with Gasteiger partial charge < -0.3 is 10.4 Å². The Morgan fingerprint density at radius 1 is 1.07 bits per heavy atom. The number of amides is 1. The van der Waals surface area contributed by atoms with E-state index in [1.165, 1.54) is 10.9 Å². The SMILES string of the molecule is CC(C)CC(C(=O)NC(C(=O)O)c1ccccc1)n1cnc2ccccc2c1=O. The molecule has 0 spiro atoms. The molecule has 0 aliphatic rings. The number of aromatic nitrogens is 2. The third-order valence-electron chi connectivity index (χ3n) is 4.69. The van der Waals surface area contributed by atoms with Crippen LogP contribution in [0.25, 0.3) is 10.9 Å². The second-order valence-electron chi connectivity index (χ2n) is 7.31. The van der Waals surface area contributed by atoms with Crippen LogP contribution in [0.1, 0.15) is 37.9 Å². The first-order valence-corrected chi connectivity index (χ1v) is 9.42. The van der Waals surface area contributed by atoms with E-state index in [0.717, 1.165) is 0 Å². The number of nitrogens with one attached hydrogen (secondary N) is 1. The lowest BCUT2D eigenvalue weighted by atomic mass is 10.0. The van der Waals surface area contributed by atoms with Gasteiger partial charge >= 0.3 is 5.97 Å². The van der Waals surface area contributed by atoms with E-state index in [2.05, 4.69) is 10.3 Å². The van der Waals surface area contributed by atoms with Crippen LogP contribution in [0.2, 0.25) is 0 Å². The molecule has 0 saturated heterocycles. The summed E-state index contributed by atoms with van der Waals surface area (Å²) < 4.78 is 1.29. The molecule has 3 aromatic rings. The third kappa shape index (κ3) is 4.51. The van der Waals surface area contributed by atoms with Crippen molar-refractivity contribution in [3.05, 3.63) is 76.8 Å². The summed E-state index contributed by atoms with van der Waals surface area (Å²) in [7, 11) is 0. The average Bonchev–Trinajstić information content (AvgIpc) is 2.71. The molecule has 1 aromatic heterocycles. The van der Waals surface area contributed by atoms with Crippen LogP contribution in [0.5, 0.6) is 0 Å². The van der Waals surface area contributed by atoms with Crippen LogP contribution in [-0.2, 0) is 9.59 Å². The molecule has 0 saturated carbocycles. The lowest BCUT2D eigenvalue weighted by Gasteiger charge is -2.23. The highest BCUT2D eigenvalue weighted by molar-refractivity contribution is 5.87. The van der Waals surface area contributed by atoms with Crippen LogP contribution in [0.4, 0.5) is 0 Å². The fourth-order valence-electron chi connectivity index (χ4n) is 3.27. The Labute approximate surface area is 168 Å². The van der Waals surface area contributed by atoms with Crippen LogP contribution in [0, 0.1) is 5.92 Å². The summed E-state index contributed by atoms with van der Waals surface area (Å²) in [5.41, 5.74) is 0.675. The predicted molar refractivity (Wildman–Crippen MR) is 109 cm³/mol. The number of carboxylic acid groups (broad SMARTS) is 1. The zero-order valence-corrected chi connectivity index (χ0v) is 16.3. The van der Waals surface area contributed by atoms with Crippen LogP contribution >= 0.6 is 0 Å². The Balaban J connectivity index is 1.98. The molecule has 150 valence electrons. The molecule has 1 heterocycles. The van der Waals surface area contributed by atoms with Crippen molar-refractivity contribution in [2.75, 3.05) is 0 Å². The van der Waals surface area contributed by atoms with Gasteiger partial charge in [0.25, 0.3) is 5.56 Å². The van der Waals surface area contributed by atoms with Crippen molar-refractivity contribution in [3.8, 4) is 0 Å². The molecule has 2 atom stereocenters. The minimum absolute atomic E-state index is 0.101. The van der Waals surface area contributed by atoms with Crippen molar-refractivity contribution in [3.63, 3.8) is 0 Å². The van der Waals surface area contributed by atoms with E-state index in [0.29, 0.717) is 22.9 Å². The van der Waals surface area contributed by atoms with Crippen molar-refractivity contribution < 1.29 is 14.7 Å². The molecule has 2 aromatic carbocycles. The minimum atomic E-state index is -1.21. The highest BCUT2D eigenvalue weighted by Gasteiger charge is 2.29. The first-order valence-electron chi connectivity index (χ1n) is 9.42. The number of hydrogen-bond donors (Lipinski definition) is 2. The van der Waals surface area contributed by atoms with Crippen molar-refractivity contribution in [2.24, 2.45) is 5.92 Å². The molecule has 0 radical (unpaired) electrons. The van der Waals surface area contributed by atoms with E-state index in [4.69, 9.17) is 0 Å². The van der Waals surface area contributed by atoms with E-state index < -0.39 is 24.0 Å².